The zero-order valence-corrected chi connectivity index (χ0v) is 18.3. The summed E-state index contributed by atoms with van der Waals surface area (Å²) in [5.74, 6) is -0.209. The second-order valence-electron chi connectivity index (χ2n) is 6.66. The normalized spacial score (nSPS) is 11.2. The quantitative estimate of drug-likeness (QED) is 0.338. The van der Waals surface area contributed by atoms with Crippen LogP contribution in [0.5, 0.6) is 0 Å². The van der Waals surface area contributed by atoms with Crippen LogP contribution in [0.4, 0.5) is 4.39 Å². The van der Waals surface area contributed by atoms with E-state index in [1.54, 1.807) is 12.1 Å². The minimum absolute atomic E-state index is 0.209. The molecule has 0 saturated heterocycles. The van der Waals surface area contributed by atoms with Gasteiger partial charge in [0.05, 0.1) is 0 Å². The van der Waals surface area contributed by atoms with E-state index in [0.717, 1.165) is 4.47 Å². The Morgan fingerprint density at radius 2 is 0.964 bits per heavy atom. The topological polar surface area (TPSA) is 0 Å². The molecule has 0 aliphatic carbocycles. The molecule has 0 amide bonds. The van der Waals surface area contributed by atoms with E-state index in [1.807, 2.05) is 0 Å². The third-order valence-electron chi connectivity index (χ3n) is 4.84. The van der Waals surface area contributed by atoms with Crippen LogP contribution in [0.25, 0.3) is 0 Å². The van der Waals surface area contributed by atoms with Crippen molar-refractivity contribution in [3.05, 3.63) is 126 Å². The molecule has 28 heavy (non-hydrogen) atoms. The van der Waals surface area contributed by atoms with Gasteiger partial charge >= 0.3 is 121 Å². The van der Waals surface area contributed by atoms with Crippen molar-refractivity contribution in [1.82, 2.24) is 0 Å². The van der Waals surface area contributed by atoms with Gasteiger partial charge in [-0.2, -0.15) is 0 Å². The Hall–Kier alpha value is -2.28. The monoisotopic (exact) mass is 452 g/mol. The third kappa shape index (κ3) is 4.95. The molecule has 0 bridgehead atoms. The van der Waals surface area contributed by atoms with Crippen LogP contribution in [0.3, 0.4) is 0 Å². The summed E-state index contributed by atoms with van der Waals surface area (Å²) in [6.45, 7) is 2.44. The third-order valence-corrected chi connectivity index (χ3v) is 9.80. The van der Waals surface area contributed by atoms with Crippen LogP contribution < -0.4 is 15.9 Å². The summed E-state index contributed by atoms with van der Waals surface area (Å²) >= 11 is 3.12. The predicted molar refractivity (Wildman–Crippen MR) is 127 cm³/mol. The van der Waals surface area contributed by atoms with Gasteiger partial charge in [-0.25, -0.2) is 4.39 Å². The van der Waals surface area contributed by atoms with E-state index in [4.69, 9.17) is 0 Å². The molecule has 0 atom stereocenters. The second-order valence-corrected chi connectivity index (χ2v) is 11.6. The molecule has 0 N–H and O–H groups in total. The molecular formula is C25H23BrFP. The predicted octanol–water partition coefficient (Wildman–Crippen LogP) is 5.93. The molecular weight excluding hydrogens is 430 g/mol. The first-order valence-corrected chi connectivity index (χ1v) is 12.5. The Bertz CT molecular complexity index is 875. The van der Waals surface area contributed by atoms with Gasteiger partial charge in [0.1, 0.15) is 5.82 Å². The van der Waals surface area contributed by atoms with E-state index < -0.39 is 7.26 Å². The van der Waals surface area contributed by atoms with Crippen LogP contribution in [0, 0.1) is 5.82 Å². The van der Waals surface area contributed by atoms with E-state index in [-0.39, 0.29) is 5.82 Å². The summed E-state index contributed by atoms with van der Waals surface area (Å²) in [6, 6.07) is 39.0. The number of hydrogen-bond acceptors (Lipinski definition) is 0. The zero-order chi connectivity index (χ0) is 19.8. The Morgan fingerprint density at radius 3 is 1.25 bits per heavy atom. The SMILES string of the molecule is C[PH](c1ccccc1)(c1ccccc1)c1ccccc1.Fc1cccc(Br)c1. The van der Waals surface area contributed by atoms with Crippen LogP contribution >= 0.6 is 23.2 Å². The zero-order valence-electron chi connectivity index (χ0n) is 15.7. The van der Waals surface area contributed by atoms with Crippen LogP contribution in [0.15, 0.2) is 120 Å². The van der Waals surface area contributed by atoms with Crippen molar-refractivity contribution >= 4 is 39.1 Å². The Balaban J connectivity index is 0.000000236. The van der Waals surface area contributed by atoms with Crippen molar-refractivity contribution in [2.75, 3.05) is 6.66 Å². The fourth-order valence-corrected chi connectivity index (χ4v) is 7.22. The Labute approximate surface area is 175 Å². The molecule has 0 aliphatic rings. The van der Waals surface area contributed by atoms with Gasteiger partial charge in [0.15, 0.2) is 0 Å². The van der Waals surface area contributed by atoms with Crippen LogP contribution in [-0.2, 0) is 0 Å². The fourth-order valence-electron chi connectivity index (χ4n) is 3.27. The van der Waals surface area contributed by atoms with Crippen LogP contribution in [0.2, 0.25) is 0 Å². The van der Waals surface area contributed by atoms with Crippen molar-refractivity contribution in [2.24, 2.45) is 0 Å². The maximum Gasteiger partial charge on any atom is 0.124 e. The van der Waals surface area contributed by atoms with Gasteiger partial charge in [0.25, 0.3) is 0 Å². The van der Waals surface area contributed by atoms with E-state index in [2.05, 4.69) is 114 Å². The molecule has 0 unspecified atom stereocenters. The molecule has 0 aliphatic heterocycles. The van der Waals surface area contributed by atoms with E-state index >= 15 is 0 Å². The largest absolute Gasteiger partial charge is 0.207 e. The molecule has 4 aromatic carbocycles. The number of halogens is 2. The molecule has 142 valence electrons. The molecule has 4 aromatic rings. The van der Waals surface area contributed by atoms with E-state index in [9.17, 15) is 4.39 Å². The average molecular weight is 453 g/mol. The number of rotatable bonds is 3. The van der Waals surface area contributed by atoms with E-state index in [1.165, 1.54) is 28.0 Å². The van der Waals surface area contributed by atoms with Crippen LogP contribution in [0.1, 0.15) is 0 Å². The number of hydrogen-bond donors (Lipinski definition) is 0. The van der Waals surface area contributed by atoms with Gasteiger partial charge in [-0.1, -0.05) is 22.0 Å². The molecule has 0 radical (unpaired) electrons. The van der Waals surface area contributed by atoms with Gasteiger partial charge in [0.2, 0.25) is 0 Å². The summed E-state index contributed by atoms with van der Waals surface area (Å²) in [5, 5.41) is 4.37. The Morgan fingerprint density at radius 1 is 0.571 bits per heavy atom. The molecule has 0 aromatic heterocycles. The molecule has 4 rings (SSSR count). The molecule has 0 fully saturated rings. The molecule has 0 saturated carbocycles. The standard InChI is InChI=1S/C19H19P.C6H4BrF/c1-20(17-11-5-2-6-12-17,18-13-7-3-8-14-18)19-15-9-4-10-16-19;7-5-2-1-3-6(8)4-5/h2-16,20H,1H3;1-4H. The molecule has 3 heteroatoms. The summed E-state index contributed by atoms with van der Waals surface area (Å²) in [7, 11) is -1.88. The summed E-state index contributed by atoms with van der Waals surface area (Å²) < 4.78 is 12.9. The van der Waals surface area contributed by atoms with Crippen molar-refractivity contribution in [3.8, 4) is 0 Å². The molecule has 0 nitrogen and oxygen atoms in total. The minimum atomic E-state index is -1.88. The van der Waals surface area contributed by atoms with Crippen molar-refractivity contribution < 1.29 is 4.39 Å². The Kier molecular flexibility index (Phi) is 7.14. The van der Waals surface area contributed by atoms with Crippen molar-refractivity contribution in [3.63, 3.8) is 0 Å². The second kappa shape index (κ2) is 9.78. The summed E-state index contributed by atoms with van der Waals surface area (Å²) in [4.78, 5) is 0. The molecule has 0 spiro atoms. The van der Waals surface area contributed by atoms with Crippen LogP contribution in [-0.4, -0.2) is 6.66 Å². The average Bonchev–Trinajstić information content (AvgIpc) is 2.75. The first-order chi connectivity index (χ1) is 13.6. The maximum absolute atomic E-state index is 12.1. The maximum atomic E-state index is 12.1. The van der Waals surface area contributed by atoms with Gasteiger partial charge in [-0.05, 0) is 18.2 Å². The number of benzene rings is 4. The van der Waals surface area contributed by atoms with Crippen molar-refractivity contribution in [1.29, 1.82) is 0 Å². The summed E-state index contributed by atoms with van der Waals surface area (Å²) in [6.07, 6.45) is 0. The van der Waals surface area contributed by atoms with Gasteiger partial charge in [-0.15, -0.1) is 0 Å². The fraction of sp³-hybridized carbons (Fsp3) is 0.0400. The van der Waals surface area contributed by atoms with Gasteiger partial charge in [-0.3, -0.25) is 0 Å². The van der Waals surface area contributed by atoms with E-state index in [0.29, 0.717) is 0 Å². The van der Waals surface area contributed by atoms with Gasteiger partial charge in [0, 0.05) is 4.47 Å². The first kappa shape index (κ1) is 20.5. The molecule has 0 heterocycles. The first-order valence-electron chi connectivity index (χ1n) is 9.18. The summed E-state index contributed by atoms with van der Waals surface area (Å²) in [5.41, 5.74) is 0. The smallest absolute Gasteiger partial charge is 0.124 e. The van der Waals surface area contributed by atoms with Gasteiger partial charge < -0.3 is 0 Å². The van der Waals surface area contributed by atoms with Crippen molar-refractivity contribution in [2.45, 2.75) is 0 Å². The minimum Gasteiger partial charge on any atom is -0.207 e.